The minimum atomic E-state index is -1.37. The second-order valence-corrected chi connectivity index (χ2v) is 13.1. The summed E-state index contributed by atoms with van der Waals surface area (Å²) >= 11 is -1.37. The van der Waals surface area contributed by atoms with Crippen LogP contribution in [-0.4, -0.2) is 66.6 Å². The first kappa shape index (κ1) is 31.8. The van der Waals surface area contributed by atoms with Crippen molar-refractivity contribution in [2.75, 3.05) is 38.5 Å². The number of anilines is 1. The molecule has 220 valence electrons. The van der Waals surface area contributed by atoms with Crippen molar-refractivity contribution in [2.45, 2.75) is 71.4 Å². The summed E-state index contributed by atoms with van der Waals surface area (Å²) in [6.45, 7) is 7.23. The third-order valence-electron chi connectivity index (χ3n) is 7.16. The van der Waals surface area contributed by atoms with Crippen molar-refractivity contribution in [3.8, 4) is 0 Å². The standard InChI is InChI=1S/C31H47N5O3S/c1-7-29(31(38)33-20-22(2)3)32-21-27-17-24-14-10-13-23(15-24)11-8-9-12-25-16-26(30(37)34-27)19-28(18-25)36(6)40(39)35(4)5/h10,13-16,18-19,22,27,29,32H,7-9,11-12,17,20-21H2,1-6H3,(H,33,38)(H,34,37)/t27-,29-,40?/m0/s1. The largest absolute Gasteiger partial charge is 0.354 e. The van der Waals surface area contributed by atoms with Gasteiger partial charge in [0.25, 0.3) is 5.91 Å². The van der Waals surface area contributed by atoms with Gasteiger partial charge in [0.1, 0.15) is 0 Å². The summed E-state index contributed by atoms with van der Waals surface area (Å²) in [5.41, 5.74) is 4.80. The molecule has 1 aliphatic heterocycles. The molecule has 1 aliphatic rings. The molecule has 0 saturated heterocycles. The summed E-state index contributed by atoms with van der Waals surface area (Å²) in [6.07, 6.45) is 5.18. The molecule has 0 radical (unpaired) electrons. The number of hydrogen-bond donors (Lipinski definition) is 3. The van der Waals surface area contributed by atoms with E-state index in [0.29, 0.717) is 37.4 Å². The van der Waals surface area contributed by atoms with Gasteiger partial charge in [-0.25, -0.2) is 8.51 Å². The number of benzene rings is 2. The molecule has 4 bridgehead atoms. The van der Waals surface area contributed by atoms with Crippen molar-refractivity contribution in [3.05, 3.63) is 64.7 Å². The fourth-order valence-corrected chi connectivity index (χ4v) is 5.67. The molecule has 40 heavy (non-hydrogen) atoms. The van der Waals surface area contributed by atoms with E-state index in [4.69, 9.17) is 0 Å². The van der Waals surface area contributed by atoms with Gasteiger partial charge in [0.05, 0.1) is 11.7 Å². The Morgan fingerprint density at radius 2 is 1.75 bits per heavy atom. The molecule has 3 atom stereocenters. The minimum Gasteiger partial charge on any atom is -0.354 e. The number of carbonyl (C=O) groups excluding carboxylic acids is 2. The van der Waals surface area contributed by atoms with Crippen molar-refractivity contribution >= 4 is 28.7 Å². The van der Waals surface area contributed by atoms with Gasteiger partial charge in [-0.2, -0.15) is 0 Å². The lowest BCUT2D eigenvalue weighted by molar-refractivity contribution is -0.123. The van der Waals surface area contributed by atoms with Crippen molar-refractivity contribution < 1.29 is 13.8 Å². The normalized spacial score (nSPS) is 17.6. The predicted molar refractivity (Wildman–Crippen MR) is 165 cm³/mol. The molecule has 2 aromatic carbocycles. The Hall–Kier alpha value is -2.75. The molecule has 0 fully saturated rings. The molecule has 0 aliphatic carbocycles. The first-order valence-corrected chi connectivity index (χ1v) is 15.5. The summed E-state index contributed by atoms with van der Waals surface area (Å²) in [4.78, 5) is 26.4. The van der Waals surface area contributed by atoms with Crippen LogP contribution in [0.15, 0.2) is 42.5 Å². The molecule has 0 saturated carbocycles. The highest BCUT2D eigenvalue weighted by Gasteiger charge is 2.22. The van der Waals surface area contributed by atoms with Crippen LogP contribution in [0.4, 0.5) is 5.69 Å². The summed E-state index contributed by atoms with van der Waals surface area (Å²) in [5.74, 6) is 0.187. The molecule has 2 aromatic rings. The Morgan fingerprint density at radius 3 is 2.42 bits per heavy atom. The SMILES string of the molecule is CC[C@H](NC[C@@H]1Cc2cccc(c2)CCCCc2cc(cc(N(C)S(=O)N(C)C)c2)C(=O)N1)C(=O)NCC(C)C. The number of aryl methyl sites for hydroxylation is 2. The van der Waals surface area contributed by atoms with Crippen LogP contribution in [-0.2, 0) is 35.2 Å². The molecule has 3 rings (SSSR count). The van der Waals surface area contributed by atoms with Crippen LogP contribution in [0.1, 0.15) is 67.1 Å². The lowest BCUT2D eigenvalue weighted by Gasteiger charge is -2.25. The molecule has 0 spiro atoms. The topological polar surface area (TPSA) is 93.8 Å². The Balaban J connectivity index is 1.88. The minimum absolute atomic E-state index is 0.0142. The van der Waals surface area contributed by atoms with E-state index in [9.17, 15) is 13.8 Å². The number of carbonyl (C=O) groups is 2. The maximum absolute atomic E-state index is 13.7. The molecule has 1 unspecified atom stereocenters. The number of fused-ring (bicyclic) bond motifs is 4. The fraction of sp³-hybridized carbons (Fsp3) is 0.548. The number of hydrogen-bond acceptors (Lipinski definition) is 4. The van der Waals surface area contributed by atoms with E-state index < -0.39 is 11.2 Å². The van der Waals surface area contributed by atoms with Gasteiger partial charge in [0.2, 0.25) is 5.91 Å². The first-order valence-electron chi connectivity index (χ1n) is 14.4. The van der Waals surface area contributed by atoms with E-state index in [-0.39, 0.29) is 23.9 Å². The van der Waals surface area contributed by atoms with Gasteiger partial charge >= 0.3 is 0 Å². The monoisotopic (exact) mass is 569 g/mol. The van der Waals surface area contributed by atoms with Crippen LogP contribution in [0.25, 0.3) is 0 Å². The quantitative estimate of drug-likeness (QED) is 0.408. The summed E-state index contributed by atoms with van der Waals surface area (Å²) in [7, 11) is 5.31. The van der Waals surface area contributed by atoms with Crippen LogP contribution >= 0.6 is 0 Å². The van der Waals surface area contributed by atoms with Gasteiger partial charge in [-0.15, -0.1) is 0 Å². The van der Waals surface area contributed by atoms with Crippen LogP contribution < -0.4 is 20.3 Å². The third kappa shape index (κ3) is 9.42. The van der Waals surface area contributed by atoms with Crippen molar-refractivity contribution in [1.29, 1.82) is 0 Å². The second-order valence-electron chi connectivity index (χ2n) is 11.3. The third-order valence-corrected chi connectivity index (χ3v) is 8.46. The van der Waals surface area contributed by atoms with Gasteiger partial charge < -0.3 is 16.0 Å². The average molecular weight is 570 g/mol. The van der Waals surface area contributed by atoms with Crippen LogP contribution in [0.3, 0.4) is 0 Å². The summed E-state index contributed by atoms with van der Waals surface area (Å²) < 4.78 is 16.1. The van der Waals surface area contributed by atoms with E-state index in [1.165, 1.54) is 5.56 Å². The smallest absolute Gasteiger partial charge is 0.251 e. The Bertz CT molecular complexity index is 1170. The Labute approximate surface area is 243 Å². The van der Waals surface area contributed by atoms with E-state index >= 15 is 0 Å². The van der Waals surface area contributed by atoms with Crippen LogP contribution in [0.5, 0.6) is 0 Å². The van der Waals surface area contributed by atoms with Gasteiger partial charge in [-0.1, -0.05) is 45.0 Å². The zero-order chi connectivity index (χ0) is 29.2. The van der Waals surface area contributed by atoms with Gasteiger partial charge in [-0.05, 0) is 79.3 Å². The Kier molecular flexibility index (Phi) is 12.2. The second kappa shape index (κ2) is 15.3. The highest BCUT2D eigenvalue weighted by molar-refractivity contribution is 7.84. The number of rotatable bonds is 10. The maximum Gasteiger partial charge on any atom is 0.251 e. The van der Waals surface area contributed by atoms with E-state index in [1.54, 1.807) is 29.8 Å². The lowest BCUT2D eigenvalue weighted by atomic mass is 9.97. The number of amides is 2. The zero-order valence-electron chi connectivity index (χ0n) is 25.0. The fourth-order valence-electron chi connectivity index (χ4n) is 4.90. The highest BCUT2D eigenvalue weighted by atomic mass is 32.2. The van der Waals surface area contributed by atoms with Crippen molar-refractivity contribution in [1.82, 2.24) is 20.3 Å². The van der Waals surface area contributed by atoms with Gasteiger partial charge in [0.15, 0.2) is 11.2 Å². The highest BCUT2D eigenvalue weighted by Crippen LogP contribution is 2.23. The van der Waals surface area contributed by atoms with E-state index in [2.05, 4.69) is 54.1 Å². The maximum atomic E-state index is 13.7. The molecule has 1 heterocycles. The van der Waals surface area contributed by atoms with Crippen LogP contribution in [0, 0.1) is 5.92 Å². The Morgan fingerprint density at radius 1 is 1.05 bits per heavy atom. The summed E-state index contributed by atoms with van der Waals surface area (Å²) in [5, 5.41) is 9.67. The molecule has 8 nitrogen and oxygen atoms in total. The van der Waals surface area contributed by atoms with Crippen molar-refractivity contribution in [3.63, 3.8) is 0 Å². The molecule has 9 heteroatoms. The zero-order valence-corrected chi connectivity index (χ0v) is 25.8. The average Bonchev–Trinajstić information content (AvgIpc) is 2.93. The predicted octanol–water partition coefficient (Wildman–Crippen LogP) is 3.62. The van der Waals surface area contributed by atoms with E-state index in [1.807, 2.05) is 25.1 Å². The lowest BCUT2D eigenvalue weighted by Crippen LogP contribution is -2.50. The van der Waals surface area contributed by atoms with Gasteiger partial charge in [-0.3, -0.25) is 13.9 Å². The molecular formula is C31H47N5O3S. The first-order chi connectivity index (χ1) is 19.1. The number of nitrogens with one attached hydrogen (secondary N) is 3. The van der Waals surface area contributed by atoms with Crippen molar-refractivity contribution in [2.24, 2.45) is 5.92 Å². The molecule has 0 aromatic heterocycles. The van der Waals surface area contributed by atoms with E-state index in [0.717, 1.165) is 42.5 Å². The number of nitrogens with zero attached hydrogens (tertiary/aromatic N) is 2. The molecule has 2 amide bonds. The van der Waals surface area contributed by atoms with Crippen LogP contribution in [0.2, 0.25) is 0 Å². The molecular weight excluding hydrogens is 522 g/mol. The molecule has 3 N–H and O–H groups in total. The van der Waals surface area contributed by atoms with Gasteiger partial charge in [0, 0.05) is 45.8 Å². The summed E-state index contributed by atoms with van der Waals surface area (Å²) in [6, 6.07) is 13.8.